The van der Waals surface area contributed by atoms with Crippen molar-refractivity contribution < 1.29 is 63.1 Å². The highest BCUT2D eigenvalue weighted by Crippen LogP contribution is 2.47. The smallest absolute Gasteiger partial charge is 0.462 e. The molecule has 0 bridgehead atoms. The van der Waals surface area contributed by atoms with Crippen LogP contribution in [0.2, 0.25) is 0 Å². The Labute approximate surface area is 382 Å². The molecule has 0 radical (unpaired) electrons. The van der Waals surface area contributed by atoms with Crippen molar-refractivity contribution in [2.45, 2.75) is 275 Å². The number of carbonyl (C=O) groups excluding carboxylic acids is 2. The third-order valence-electron chi connectivity index (χ3n) is 12.1. The molecule has 1 fully saturated rings. The average Bonchev–Trinajstić information content (AvgIpc) is 3.26. The van der Waals surface area contributed by atoms with Crippen LogP contribution in [-0.4, -0.2) is 98.3 Å². The minimum Gasteiger partial charge on any atom is -0.462 e. The minimum absolute atomic E-state index is 0.0912. The Kier molecular flexibility index (Phi) is 37.6. The molecular weight excluding hydrogens is 828 g/mol. The summed E-state index contributed by atoms with van der Waals surface area (Å²) in [6, 6.07) is 0. The zero-order chi connectivity index (χ0) is 46.4. The summed E-state index contributed by atoms with van der Waals surface area (Å²) >= 11 is 0. The summed E-state index contributed by atoms with van der Waals surface area (Å²) in [4.78, 5) is 35.8. The Balaban J connectivity index is 2.40. The zero-order valence-corrected chi connectivity index (χ0v) is 40.5. The number of unbranched alkanes of at least 4 members (excludes halogenated alkanes) is 29. The topological polar surface area (TPSA) is 210 Å². The number of hydrogen-bond donors (Lipinski definition) is 6. The first kappa shape index (κ1) is 59.6. The van der Waals surface area contributed by atoms with Crippen LogP contribution < -0.4 is 0 Å². The molecule has 63 heavy (non-hydrogen) atoms. The van der Waals surface area contributed by atoms with Crippen LogP contribution in [0.3, 0.4) is 0 Å². The van der Waals surface area contributed by atoms with E-state index in [1.165, 1.54) is 135 Å². The lowest BCUT2D eigenvalue weighted by molar-refractivity contribution is -0.220. The van der Waals surface area contributed by atoms with Crippen molar-refractivity contribution in [3.05, 3.63) is 12.2 Å². The van der Waals surface area contributed by atoms with E-state index in [1.807, 2.05) is 0 Å². The van der Waals surface area contributed by atoms with E-state index in [9.17, 15) is 44.6 Å². The van der Waals surface area contributed by atoms with Gasteiger partial charge in [0.05, 0.1) is 6.61 Å². The van der Waals surface area contributed by atoms with Gasteiger partial charge in [-0.3, -0.25) is 18.6 Å². The summed E-state index contributed by atoms with van der Waals surface area (Å²) in [7, 11) is -5.12. The molecule has 6 atom stereocenters. The molecule has 0 aliphatic heterocycles. The molecule has 6 N–H and O–H groups in total. The van der Waals surface area contributed by atoms with Crippen molar-refractivity contribution in [3.8, 4) is 0 Å². The van der Waals surface area contributed by atoms with Crippen molar-refractivity contribution in [2.24, 2.45) is 0 Å². The summed E-state index contributed by atoms with van der Waals surface area (Å²) in [6.45, 7) is 3.33. The van der Waals surface area contributed by atoms with Gasteiger partial charge in [0.25, 0.3) is 0 Å². The molecule has 1 saturated carbocycles. The molecule has 0 aromatic rings. The summed E-state index contributed by atoms with van der Waals surface area (Å²) in [5.41, 5.74) is 0. The number of ether oxygens (including phenoxy) is 2. The van der Waals surface area contributed by atoms with Crippen LogP contribution in [0.25, 0.3) is 0 Å². The fourth-order valence-electron chi connectivity index (χ4n) is 7.99. The summed E-state index contributed by atoms with van der Waals surface area (Å²) < 4.78 is 33.6. The van der Waals surface area contributed by atoms with Crippen LogP contribution in [0.1, 0.15) is 232 Å². The fourth-order valence-corrected chi connectivity index (χ4v) is 8.96. The summed E-state index contributed by atoms with van der Waals surface area (Å²) in [6.07, 6.45) is 29.7. The molecule has 1 aliphatic rings. The summed E-state index contributed by atoms with van der Waals surface area (Å²) in [5, 5.41) is 50.2. The first-order valence-electron chi connectivity index (χ1n) is 25.5. The van der Waals surface area contributed by atoms with E-state index in [0.717, 1.165) is 57.8 Å². The number of allylic oxidation sites excluding steroid dienone is 2. The molecule has 0 aromatic carbocycles. The number of esters is 2. The Morgan fingerprint density at radius 2 is 0.810 bits per heavy atom. The van der Waals surface area contributed by atoms with Crippen LogP contribution in [-0.2, 0) is 32.7 Å². The number of hydrogen-bond acceptors (Lipinski definition) is 12. The molecule has 0 heterocycles. The van der Waals surface area contributed by atoms with Crippen LogP contribution >= 0.6 is 7.82 Å². The van der Waals surface area contributed by atoms with E-state index in [-0.39, 0.29) is 12.8 Å². The SMILES string of the molecule is CCCCCCCCC/C=C\CCCCCCCC(=O)OC(COC(=O)CCCCCCCCCCCCCCCCCCCC)COP(=O)(O)OC1C(O)C(O)C(O)C(O)C1O. The van der Waals surface area contributed by atoms with Gasteiger partial charge in [0.1, 0.15) is 43.2 Å². The molecule has 0 spiro atoms. The Morgan fingerprint density at radius 1 is 0.476 bits per heavy atom. The molecule has 6 unspecified atom stereocenters. The van der Waals surface area contributed by atoms with Gasteiger partial charge in [-0.05, 0) is 38.5 Å². The molecule has 0 amide bonds. The number of aliphatic hydroxyl groups is 5. The summed E-state index contributed by atoms with van der Waals surface area (Å²) in [5.74, 6) is -1.10. The third kappa shape index (κ3) is 32.0. The number of rotatable bonds is 43. The van der Waals surface area contributed by atoms with Gasteiger partial charge in [-0.25, -0.2) is 4.57 Å². The predicted molar refractivity (Wildman–Crippen MR) is 249 cm³/mol. The standard InChI is InChI=1S/C49H93O13P/c1-3-5-7-9-11-13-15-17-19-21-22-24-25-27-29-31-33-35-37-42(50)59-39-41(40-60-63(57,58)62-49-47(55)45(53)44(52)46(54)48(49)56)61-43(51)38-36-34-32-30-28-26-23-20-18-16-14-12-10-8-6-4-2/h20,23,41,44-49,52-56H,3-19,21-22,24-40H2,1-2H3,(H,57,58)/b23-20-. The lowest BCUT2D eigenvalue weighted by atomic mass is 9.85. The maximum atomic E-state index is 12.8. The van der Waals surface area contributed by atoms with E-state index in [4.69, 9.17) is 18.5 Å². The van der Waals surface area contributed by atoms with Gasteiger partial charge >= 0.3 is 19.8 Å². The zero-order valence-electron chi connectivity index (χ0n) is 39.6. The second kappa shape index (κ2) is 39.7. The van der Waals surface area contributed by atoms with Gasteiger partial charge in [0, 0.05) is 12.8 Å². The quantitative estimate of drug-likeness (QED) is 0.0146. The number of phosphoric ester groups is 1. The maximum absolute atomic E-state index is 12.8. The van der Waals surface area contributed by atoms with Crippen molar-refractivity contribution in [1.82, 2.24) is 0 Å². The van der Waals surface area contributed by atoms with Gasteiger partial charge in [-0.2, -0.15) is 0 Å². The van der Waals surface area contributed by atoms with Crippen molar-refractivity contribution >= 4 is 19.8 Å². The van der Waals surface area contributed by atoms with Crippen LogP contribution in [0.15, 0.2) is 12.2 Å². The highest BCUT2D eigenvalue weighted by atomic mass is 31.2. The van der Waals surface area contributed by atoms with Crippen LogP contribution in [0.5, 0.6) is 0 Å². The highest BCUT2D eigenvalue weighted by Gasteiger charge is 2.51. The monoisotopic (exact) mass is 921 g/mol. The average molecular weight is 921 g/mol. The van der Waals surface area contributed by atoms with Crippen molar-refractivity contribution in [1.29, 1.82) is 0 Å². The molecule has 14 heteroatoms. The lowest BCUT2D eigenvalue weighted by Crippen LogP contribution is -2.64. The minimum atomic E-state index is -5.12. The van der Waals surface area contributed by atoms with E-state index >= 15 is 0 Å². The van der Waals surface area contributed by atoms with Crippen LogP contribution in [0.4, 0.5) is 0 Å². The van der Waals surface area contributed by atoms with Crippen LogP contribution in [0, 0.1) is 0 Å². The molecule has 0 aromatic heterocycles. The molecule has 372 valence electrons. The maximum Gasteiger partial charge on any atom is 0.472 e. The van der Waals surface area contributed by atoms with Gasteiger partial charge in [-0.15, -0.1) is 0 Å². The number of phosphoric acid groups is 1. The number of aliphatic hydroxyl groups excluding tert-OH is 5. The van der Waals surface area contributed by atoms with Crippen molar-refractivity contribution in [2.75, 3.05) is 13.2 Å². The lowest BCUT2D eigenvalue weighted by Gasteiger charge is -2.41. The second-order valence-corrected chi connectivity index (χ2v) is 19.4. The van der Waals surface area contributed by atoms with E-state index < -0.39 is 75.7 Å². The second-order valence-electron chi connectivity index (χ2n) is 18.0. The molecular formula is C49H93O13P. The molecule has 1 rings (SSSR count). The highest BCUT2D eigenvalue weighted by molar-refractivity contribution is 7.47. The predicted octanol–water partition coefficient (Wildman–Crippen LogP) is 10.6. The van der Waals surface area contributed by atoms with E-state index in [0.29, 0.717) is 12.8 Å². The van der Waals surface area contributed by atoms with E-state index in [1.54, 1.807) is 0 Å². The Bertz CT molecular complexity index is 1160. The van der Waals surface area contributed by atoms with Gasteiger partial charge < -0.3 is 39.9 Å². The van der Waals surface area contributed by atoms with Gasteiger partial charge in [0.15, 0.2) is 6.10 Å². The first-order valence-corrected chi connectivity index (χ1v) is 27.0. The first-order chi connectivity index (χ1) is 30.4. The molecule has 1 aliphatic carbocycles. The van der Waals surface area contributed by atoms with E-state index in [2.05, 4.69) is 26.0 Å². The van der Waals surface area contributed by atoms with Crippen molar-refractivity contribution in [3.63, 3.8) is 0 Å². The fraction of sp³-hybridized carbons (Fsp3) is 0.918. The third-order valence-corrected chi connectivity index (χ3v) is 13.1. The normalized spacial score (nSPS) is 21.7. The Morgan fingerprint density at radius 3 is 1.21 bits per heavy atom. The van der Waals surface area contributed by atoms with Gasteiger partial charge in [0.2, 0.25) is 0 Å². The largest absolute Gasteiger partial charge is 0.472 e. The van der Waals surface area contributed by atoms with Gasteiger partial charge in [-0.1, -0.05) is 193 Å². The number of carbonyl (C=O) groups is 2. The molecule has 13 nitrogen and oxygen atoms in total. The molecule has 0 saturated heterocycles. The Hall–Kier alpha value is -1.41.